The van der Waals surface area contributed by atoms with Crippen molar-refractivity contribution in [3.05, 3.63) is 46.1 Å². The lowest BCUT2D eigenvalue weighted by Gasteiger charge is -2.01. The Morgan fingerprint density at radius 2 is 2.19 bits per heavy atom. The molecule has 2 aromatic rings. The molecule has 1 aromatic heterocycles. The van der Waals surface area contributed by atoms with Crippen molar-refractivity contribution in [2.45, 2.75) is 6.92 Å². The number of carbonyl (C=O) groups excluding carboxylic acids is 1. The number of benzene rings is 1. The van der Waals surface area contributed by atoms with Crippen molar-refractivity contribution < 1.29 is 9.72 Å². The number of pyridine rings is 1. The lowest BCUT2D eigenvalue weighted by Crippen LogP contribution is -1.97. The van der Waals surface area contributed by atoms with Gasteiger partial charge in [0.2, 0.25) is 0 Å². The predicted molar refractivity (Wildman–Crippen MR) is 58.4 cm³/mol. The van der Waals surface area contributed by atoms with E-state index in [9.17, 15) is 14.9 Å². The summed E-state index contributed by atoms with van der Waals surface area (Å²) >= 11 is 0. The van der Waals surface area contributed by atoms with E-state index in [1.165, 1.54) is 19.2 Å². The van der Waals surface area contributed by atoms with Crippen LogP contribution < -0.4 is 0 Å². The number of Topliss-reactive ketones (excluding diaryl/α,β-unsaturated/α-hetero) is 1. The third-order valence-electron chi connectivity index (χ3n) is 2.29. The number of nitro benzene ring substituents is 1. The van der Waals surface area contributed by atoms with Gasteiger partial charge in [0.05, 0.1) is 4.92 Å². The first kappa shape index (κ1) is 10.2. The number of hydrogen-bond donors (Lipinski definition) is 0. The van der Waals surface area contributed by atoms with Crippen LogP contribution in [0, 0.1) is 10.1 Å². The van der Waals surface area contributed by atoms with Gasteiger partial charge in [0.15, 0.2) is 5.78 Å². The molecule has 2 rings (SSSR count). The zero-order chi connectivity index (χ0) is 11.7. The number of nitrogens with zero attached hydrogens (tertiary/aromatic N) is 2. The molecule has 0 aliphatic heterocycles. The van der Waals surface area contributed by atoms with Crippen LogP contribution in [0.15, 0.2) is 30.5 Å². The Morgan fingerprint density at radius 3 is 2.81 bits per heavy atom. The van der Waals surface area contributed by atoms with E-state index in [0.29, 0.717) is 16.5 Å². The molecule has 0 unspecified atom stereocenters. The highest BCUT2D eigenvalue weighted by molar-refractivity contribution is 6.00. The number of hydrogen-bond acceptors (Lipinski definition) is 4. The molecule has 0 aliphatic carbocycles. The van der Waals surface area contributed by atoms with E-state index in [1.807, 2.05) is 0 Å². The lowest BCUT2D eigenvalue weighted by molar-refractivity contribution is -0.383. The summed E-state index contributed by atoms with van der Waals surface area (Å²) in [6, 6.07) is 6.24. The van der Waals surface area contributed by atoms with Crippen molar-refractivity contribution in [2.24, 2.45) is 0 Å². The zero-order valence-corrected chi connectivity index (χ0v) is 8.51. The van der Waals surface area contributed by atoms with Gasteiger partial charge in [-0.2, -0.15) is 0 Å². The van der Waals surface area contributed by atoms with Crippen LogP contribution in [0.3, 0.4) is 0 Å². The van der Waals surface area contributed by atoms with Crippen LogP contribution in [0.25, 0.3) is 10.9 Å². The quantitative estimate of drug-likeness (QED) is 0.438. The van der Waals surface area contributed by atoms with Crippen LogP contribution in [0.2, 0.25) is 0 Å². The third kappa shape index (κ3) is 1.63. The van der Waals surface area contributed by atoms with E-state index < -0.39 is 4.92 Å². The Labute approximate surface area is 90.9 Å². The highest BCUT2D eigenvalue weighted by Gasteiger charge is 2.16. The van der Waals surface area contributed by atoms with Gasteiger partial charge in [-0.05, 0) is 19.1 Å². The average Bonchev–Trinajstić information content (AvgIpc) is 2.27. The Morgan fingerprint density at radius 1 is 1.44 bits per heavy atom. The molecule has 80 valence electrons. The maximum atomic E-state index is 11.2. The van der Waals surface area contributed by atoms with Crippen LogP contribution in [0.4, 0.5) is 5.69 Å². The minimum Gasteiger partial charge on any atom is -0.295 e. The molecule has 0 radical (unpaired) electrons. The van der Waals surface area contributed by atoms with Crippen LogP contribution in [-0.2, 0) is 0 Å². The molecule has 1 heterocycles. The van der Waals surface area contributed by atoms with Gasteiger partial charge in [-0.1, -0.05) is 6.07 Å². The van der Waals surface area contributed by atoms with Crippen molar-refractivity contribution in [2.75, 3.05) is 0 Å². The third-order valence-corrected chi connectivity index (χ3v) is 2.29. The first-order valence-electron chi connectivity index (χ1n) is 4.63. The molecule has 0 bridgehead atoms. The average molecular weight is 216 g/mol. The van der Waals surface area contributed by atoms with Crippen LogP contribution in [0.1, 0.15) is 17.3 Å². The molecule has 0 spiro atoms. The molecule has 0 amide bonds. The summed E-state index contributed by atoms with van der Waals surface area (Å²) < 4.78 is 0. The van der Waals surface area contributed by atoms with Gasteiger partial charge >= 0.3 is 0 Å². The Kier molecular flexibility index (Phi) is 2.36. The van der Waals surface area contributed by atoms with Crippen LogP contribution >= 0.6 is 0 Å². The largest absolute Gasteiger partial charge is 0.296 e. The number of nitro groups is 1. The Balaban J connectivity index is 2.84. The van der Waals surface area contributed by atoms with Crippen molar-refractivity contribution in [1.82, 2.24) is 4.98 Å². The van der Waals surface area contributed by atoms with E-state index in [2.05, 4.69) is 4.98 Å². The summed E-state index contributed by atoms with van der Waals surface area (Å²) in [6.07, 6.45) is 1.49. The van der Waals surface area contributed by atoms with Crippen molar-refractivity contribution in [3.63, 3.8) is 0 Å². The second-order valence-corrected chi connectivity index (χ2v) is 3.38. The van der Waals surface area contributed by atoms with E-state index >= 15 is 0 Å². The molecule has 0 aliphatic rings. The van der Waals surface area contributed by atoms with Gasteiger partial charge in [0.1, 0.15) is 5.52 Å². The Bertz CT molecular complexity index is 593. The maximum absolute atomic E-state index is 11.2. The van der Waals surface area contributed by atoms with Gasteiger partial charge < -0.3 is 0 Å². The normalized spacial score (nSPS) is 10.3. The zero-order valence-electron chi connectivity index (χ0n) is 8.51. The fourth-order valence-electron chi connectivity index (χ4n) is 1.52. The molecule has 0 atom stereocenters. The summed E-state index contributed by atoms with van der Waals surface area (Å²) in [6.45, 7) is 1.38. The minimum absolute atomic E-state index is 0.136. The van der Waals surface area contributed by atoms with Crippen molar-refractivity contribution in [1.29, 1.82) is 0 Å². The standard InChI is InChI=1S/C11H8N2O3/c1-7(14)9-5-8-3-2-4-12-11(8)10(6-9)13(15)16/h2-6H,1H3. The second-order valence-electron chi connectivity index (χ2n) is 3.38. The molecule has 5 heteroatoms. The molecule has 0 fully saturated rings. The number of ketones is 1. The van der Waals surface area contributed by atoms with Crippen LogP contribution in [-0.4, -0.2) is 15.7 Å². The molecule has 5 nitrogen and oxygen atoms in total. The number of fused-ring (bicyclic) bond motifs is 1. The summed E-state index contributed by atoms with van der Waals surface area (Å²) in [5.41, 5.74) is 0.494. The molecule has 0 N–H and O–H groups in total. The van der Waals surface area contributed by atoms with E-state index in [-0.39, 0.29) is 11.5 Å². The van der Waals surface area contributed by atoms with Crippen LogP contribution in [0.5, 0.6) is 0 Å². The summed E-state index contributed by atoms with van der Waals surface area (Å²) in [7, 11) is 0. The number of non-ortho nitro benzene ring substituents is 1. The minimum atomic E-state index is -0.526. The molecule has 16 heavy (non-hydrogen) atoms. The highest BCUT2D eigenvalue weighted by Crippen LogP contribution is 2.25. The Hall–Kier alpha value is -2.30. The van der Waals surface area contributed by atoms with Gasteiger partial charge in [-0.3, -0.25) is 14.9 Å². The van der Waals surface area contributed by atoms with E-state index in [1.54, 1.807) is 18.2 Å². The van der Waals surface area contributed by atoms with Gasteiger partial charge in [-0.25, -0.2) is 4.98 Å². The monoisotopic (exact) mass is 216 g/mol. The number of rotatable bonds is 2. The fourth-order valence-corrected chi connectivity index (χ4v) is 1.52. The predicted octanol–water partition coefficient (Wildman–Crippen LogP) is 2.35. The van der Waals surface area contributed by atoms with E-state index in [4.69, 9.17) is 0 Å². The number of aromatic nitrogens is 1. The van der Waals surface area contributed by atoms with Gasteiger partial charge in [0.25, 0.3) is 5.69 Å². The smallest absolute Gasteiger partial charge is 0.295 e. The first-order valence-corrected chi connectivity index (χ1v) is 4.63. The van der Waals surface area contributed by atoms with E-state index in [0.717, 1.165) is 0 Å². The molecular weight excluding hydrogens is 208 g/mol. The highest BCUT2D eigenvalue weighted by atomic mass is 16.6. The summed E-state index contributed by atoms with van der Waals surface area (Å²) in [5.74, 6) is -0.200. The summed E-state index contributed by atoms with van der Waals surface area (Å²) in [4.78, 5) is 25.5. The topological polar surface area (TPSA) is 73.1 Å². The SMILES string of the molecule is CC(=O)c1cc([N+](=O)[O-])c2ncccc2c1. The molecule has 1 aromatic carbocycles. The first-order chi connectivity index (χ1) is 7.59. The van der Waals surface area contributed by atoms with Crippen molar-refractivity contribution in [3.8, 4) is 0 Å². The number of carbonyl (C=O) groups is 1. The van der Waals surface area contributed by atoms with Gasteiger partial charge in [0, 0.05) is 23.2 Å². The maximum Gasteiger partial charge on any atom is 0.296 e. The van der Waals surface area contributed by atoms with Gasteiger partial charge in [-0.15, -0.1) is 0 Å². The molecular formula is C11H8N2O3. The lowest BCUT2D eigenvalue weighted by atomic mass is 10.1. The van der Waals surface area contributed by atoms with Crippen molar-refractivity contribution >= 4 is 22.4 Å². The summed E-state index contributed by atoms with van der Waals surface area (Å²) in [5, 5.41) is 11.4. The molecule has 0 saturated carbocycles. The molecule has 0 saturated heterocycles. The fraction of sp³-hybridized carbons (Fsp3) is 0.0909. The second kappa shape index (κ2) is 3.69.